The molecule has 1 aromatic heterocycles. The van der Waals surface area contributed by atoms with Crippen molar-refractivity contribution < 1.29 is 13.2 Å². The largest absolute Gasteiger partial charge is 0.416 e. The molecule has 1 heterocycles. The fourth-order valence-electron chi connectivity index (χ4n) is 2.79. The molecule has 3 aromatic carbocycles. The zero-order chi connectivity index (χ0) is 19.2. The SMILES string of the molecule is O=c1c(Nc2ccc(C(F)(F)F)cc2)c(Nc2ccc3[nH]ccc3c2)c1=O. The molecule has 4 aromatic rings. The summed E-state index contributed by atoms with van der Waals surface area (Å²) >= 11 is 0. The first-order chi connectivity index (χ1) is 12.8. The molecule has 0 unspecified atom stereocenters. The van der Waals surface area contributed by atoms with Gasteiger partial charge in [0.2, 0.25) is 0 Å². The number of aromatic nitrogens is 1. The van der Waals surface area contributed by atoms with Crippen molar-refractivity contribution in [2.45, 2.75) is 6.18 Å². The Bertz CT molecular complexity index is 1200. The van der Waals surface area contributed by atoms with E-state index in [1.54, 1.807) is 12.3 Å². The average Bonchev–Trinajstić information content (AvgIpc) is 3.11. The van der Waals surface area contributed by atoms with Gasteiger partial charge in [-0.2, -0.15) is 13.2 Å². The summed E-state index contributed by atoms with van der Waals surface area (Å²) in [7, 11) is 0. The van der Waals surface area contributed by atoms with Gasteiger partial charge in [-0.3, -0.25) is 9.59 Å². The number of alkyl halides is 3. The van der Waals surface area contributed by atoms with E-state index in [-0.39, 0.29) is 17.1 Å². The first-order valence-corrected chi connectivity index (χ1v) is 7.95. The lowest BCUT2D eigenvalue weighted by Crippen LogP contribution is -2.35. The van der Waals surface area contributed by atoms with Gasteiger partial charge < -0.3 is 15.6 Å². The third-order valence-corrected chi connectivity index (χ3v) is 4.21. The lowest BCUT2D eigenvalue weighted by Gasteiger charge is -2.15. The summed E-state index contributed by atoms with van der Waals surface area (Å²) in [6, 6.07) is 11.5. The van der Waals surface area contributed by atoms with Crippen molar-refractivity contribution in [3.8, 4) is 0 Å². The van der Waals surface area contributed by atoms with Crippen LogP contribution in [0.15, 0.2) is 64.3 Å². The van der Waals surface area contributed by atoms with E-state index in [9.17, 15) is 22.8 Å². The zero-order valence-corrected chi connectivity index (χ0v) is 13.6. The Kier molecular flexibility index (Phi) is 3.76. The van der Waals surface area contributed by atoms with Crippen LogP contribution in [-0.4, -0.2) is 4.98 Å². The van der Waals surface area contributed by atoms with Gasteiger partial charge >= 0.3 is 6.18 Å². The third-order valence-electron chi connectivity index (χ3n) is 4.21. The number of hydrogen-bond acceptors (Lipinski definition) is 4. The zero-order valence-electron chi connectivity index (χ0n) is 13.6. The van der Waals surface area contributed by atoms with Crippen LogP contribution in [0.2, 0.25) is 0 Å². The Labute approximate surface area is 150 Å². The number of nitrogens with one attached hydrogen (secondary N) is 3. The van der Waals surface area contributed by atoms with Gasteiger partial charge in [0.05, 0.1) is 5.56 Å². The Morgan fingerprint density at radius 3 is 2.00 bits per heavy atom. The monoisotopic (exact) mass is 371 g/mol. The maximum Gasteiger partial charge on any atom is 0.416 e. The third kappa shape index (κ3) is 3.05. The molecule has 0 radical (unpaired) electrons. The highest BCUT2D eigenvalue weighted by Crippen LogP contribution is 2.31. The van der Waals surface area contributed by atoms with E-state index < -0.39 is 22.6 Å². The molecule has 0 spiro atoms. The molecule has 27 heavy (non-hydrogen) atoms. The van der Waals surface area contributed by atoms with Gasteiger partial charge in [0.15, 0.2) is 0 Å². The number of anilines is 4. The van der Waals surface area contributed by atoms with Gasteiger partial charge in [0, 0.05) is 28.5 Å². The van der Waals surface area contributed by atoms with Crippen LogP contribution in [0.3, 0.4) is 0 Å². The number of rotatable bonds is 4. The number of aromatic amines is 1. The molecule has 0 atom stereocenters. The minimum atomic E-state index is -4.44. The van der Waals surface area contributed by atoms with Gasteiger partial charge in [-0.25, -0.2) is 0 Å². The van der Waals surface area contributed by atoms with E-state index in [0.29, 0.717) is 5.69 Å². The molecule has 0 amide bonds. The van der Waals surface area contributed by atoms with Crippen LogP contribution in [0, 0.1) is 0 Å². The molecule has 0 fully saturated rings. The van der Waals surface area contributed by atoms with E-state index in [1.807, 2.05) is 18.2 Å². The summed E-state index contributed by atoms with van der Waals surface area (Å²) < 4.78 is 37.9. The van der Waals surface area contributed by atoms with E-state index in [4.69, 9.17) is 0 Å². The first kappa shape index (κ1) is 16.9. The van der Waals surface area contributed by atoms with E-state index >= 15 is 0 Å². The standard InChI is InChI=1S/C19H12F3N3O2/c20-19(21,22)11-1-3-12(4-2-11)24-15-16(18(27)17(15)26)25-13-5-6-14-10(9-13)7-8-23-14/h1-9,23-25H. The number of hydrogen-bond donors (Lipinski definition) is 3. The molecule has 0 saturated heterocycles. The van der Waals surface area contributed by atoms with Crippen molar-refractivity contribution in [3.05, 3.63) is 80.7 Å². The highest BCUT2D eigenvalue weighted by atomic mass is 19.4. The van der Waals surface area contributed by atoms with Crippen molar-refractivity contribution in [1.29, 1.82) is 0 Å². The van der Waals surface area contributed by atoms with Crippen LogP contribution in [0.25, 0.3) is 10.9 Å². The van der Waals surface area contributed by atoms with Gasteiger partial charge in [0.25, 0.3) is 10.9 Å². The summed E-state index contributed by atoms with van der Waals surface area (Å²) in [5, 5.41) is 6.54. The smallest absolute Gasteiger partial charge is 0.361 e. The fourth-order valence-corrected chi connectivity index (χ4v) is 2.79. The van der Waals surface area contributed by atoms with E-state index in [2.05, 4.69) is 15.6 Å². The Morgan fingerprint density at radius 2 is 1.37 bits per heavy atom. The van der Waals surface area contributed by atoms with Crippen molar-refractivity contribution in [2.75, 3.05) is 10.6 Å². The molecular weight excluding hydrogens is 359 g/mol. The molecule has 0 bridgehead atoms. The molecule has 0 aliphatic heterocycles. The summed E-state index contributed by atoms with van der Waals surface area (Å²) in [5.41, 5.74) is -0.281. The molecule has 0 aliphatic rings. The molecule has 5 nitrogen and oxygen atoms in total. The maximum absolute atomic E-state index is 12.6. The van der Waals surface area contributed by atoms with Crippen LogP contribution < -0.4 is 21.5 Å². The molecule has 0 aliphatic carbocycles. The molecular formula is C19H12F3N3O2. The van der Waals surface area contributed by atoms with Crippen LogP contribution in [0.1, 0.15) is 5.56 Å². The van der Waals surface area contributed by atoms with Crippen LogP contribution in [0.4, 0.5) is 35.9 Å². The topological polar surface area (TPSA) is 74.0 Å². The van der Waals surface area contributed by atoms with Crippen molar-refractivity contribution in [2.24, 2.45) is 0 Å². The summed E-state index contributed by atoms with van der Waals surface area (Å²) in [4.78, 5) is 26.8. The molecule has 0 saturated carbocycles. The molecule has 4 rings (SSSR count). The second-order valence-electron chi connectivity index (χ2n) is 6.01. The average molecular weight is 371 g/mol. The Morgan fingerprint density at radius 1 is 0.778 bits per heavy atom. The number of fused-ring (bicyclic) bond motifs is 1. The van der Waals surface area contributed by atoms with E-state index in [0.717, 1.165) is 23.0 Å². The van der Waals surface area contributed by atoms with Gasteiger partial charge in [-0.05, 0) is 48.5 Å². The minimum absolute atomic E-state index is 0.0222. The first-order valence-electron chi connectivity index (χ1n) is 7.95. The molecule has 8 heteroatoms. The van der Waals surface area contributed by atoms with Crippen molar-refractivity contribution >= 4 is 33.7 Å². The number of benzene rings is 2. The van der Waals surface area contributed by atoms with Crippen molar-refractivity contribution in [3.63, 3.8) is 0 Å². The van der Waals surface area contributed by atoms with Crippen LogP contribution in [0.5, 0.6) is 0 Å². The second kappa shape index (κ2) is 6.01. The summed E-state index contributed by atoms with van der Waals surface area (Å²) in [6.45, 7) is 0. The quantitative estimate of drug-likeness (QED) is 0.469. The molecule has 3 N–H and O–H groups in total. The second-order valence-corrected chi connectivity index (χ2v) is 6.01. The lowest BCUT2D eigenvalue weighted by atomic mass is 10.1. The Balaban J connectivity index is 1.59. The maximum atomic E-state index is 12.6. The lowest BCUT2D eigenvalue weighted by molar-refractivity contribution is -0.137. The minimum Gasteiger partial charge on any atom is -0.361 e. The normalized spacial score (nSPS) is 11.8. The fraction of sp³-hybridized carbons (Fsp3) is 0.0526. The van der Waals surface area contributed by atoms with Crippen LogP contribution >= 0.6 is 0 Å². The van der Waals surface area contributed by atoms with Gasteiger partial charge in [0.1, 0.15) is 11.4 Å². The predicted octanol–water partition coefficient (Wildman–Crippen LogP) is 4.27. The summed E-state index contributed by atoms with van der Waals surface area (Å²) in [5.74, 6) is 0. The van der Waals surface area contributed by atoms with Crippen molar-refractivity contribution in [1.82, 2.24) is 4.98 Å². The summed E-state index contributed by atoms with van der Waals surface area (Å²) in [6.07, 6.45) is -2.66. The van der Waals surface area contributed by atoms with Gasteiger partial charge in [-0.15, -0.1) is 0 Å². The number of H-pyrrole nitrogens is 1. The highest BCUT2D eigenvalue weighted by molar-refractivity contribution is 5.87. The molecule has 136 valence electrons. The van der Waals surface area contributed by atoms with Gasteiger partial charge in [-0.1, -0.05) is 0 Å². The van der Waals surface area contributed by atoms with Crippen LogP contribution in [-0.2, 0) is 6.18 Å². The predicted molar refractivity (Wildman–Crippen MR) is 97.7 cm³/mol. The van der Waals surface area contributed by atoms with E-state index in [1.165, 1.54) is 12.1 Å². The highest BCUT2D eigenvalue weighted by Gasteiger charge is 2.30. The number of halogens is 3. The Hall–Kier alpha value is -3.55.